The topological polar surface area (TPSA) is 69.3 Å². The lowest BCUT2D eigenvalue weighted by atomic mass is 10.1. The van der Waals surface area contributed by atoms with Gasteiger partial charge in [0.1, 0.15) is 10.5 Å². The van der Waals surface area contributed by atoms with Crippen LogP contribution >= 0.6 is 11.3 Å². The second-order valence-corrected chi connectivity index (χ2v) is 8.25. The van der Waals surface area contributed by atoms with Crippen LogP contribution in [0.3, 0.4) is 0 Å². The average Bonchev–Trinajstić information content (AvgIpc) is 3.16. The van der Waals surface area contributed by atoms with Gasteiger partial charge < -0.3 is 0 Å². The lowest BCUT2D eigenvalue weighted by Gasteiger charge is -2.08. The van der Waals surface area contributed by atoms with Gasteiger partial charge in [-0.2, -0.15) is 0 Å². The average molecular weight is 414 g/mol. The Labute approximate surface area is 175 Å². The van der Waals surface area contributed by atoms with Crippen LogP contribution in [-0.4, -0.2) is 18.9 Å². The fraction of sp³-hybridized carbons (Fsp3) is 0.130. The summed E-state index contributed by atoms with van der Waals surface area (Å²) >= 11 is 1.45. The Morgan fingerprint density at radius 3 is 2.57 bits per heavy atom. The molecule has 1 aromatic carbocycles. The lowest BCUT2D eigenvalue weighted by Crippen LogP contribution is -2.23. The van der Waals surface area contributed by atoms with Crippen molar-refractivity contribution in [3.63, 3.8) is 0 Å². The summed E-state index contributed by atoms with van der Waals surface area (Å²) in [5.41, 5.74) is 4.79. The van der Waals surface area contributed by atoms with Gasteiger partial charge in [-0.1, -0.05) is 35.9 Å². The Balaban J connectivity index is 1.61. The van der Waals surface area contributed by atoms with E-state index in [4.69, 9.17) is 0 Å². The number of aromatic nitrogens is 4. The van der Waals surface area contributed by atoms with E-state index in [0.29, 0.717) is 21.6 Å². The molecule has 30 heavy (non-hydrogen) atoms. The van der Waals surface area contributed by atoms with E-state index in [-0.39, 0.29) is 17.7 Å². The molecular weight excluding hydrogens is 396 g/mol. The molecule has 4 heterocycles. The third-order valence-corrected chi connectivity index (χ3v) is 6.00. The fourth-order valence-corrected chi connectivity index (χ4v) is 4.45. The van der Waals surface area contributed by atoms with E-state index in [1.165, 1.54) is 32.7 Å². The number of hydrogen-bond donors (Lipinski definition) is 0. The van der Waals surface area contributed by atoms with Gasteiger partial charge in [0, 0.05) is 23.2 Å². The van der Waals surface area contributed by atoms with Crippen molar-refractivity contribution in [2.24, 2.45) is 0 Å². The zero-order valence-electron chi connectivity index (χ0n) is 16.5. The summed E-state index contributed by atoms with van der Waals surface area (Å²) in [5.74, 6) is 0. The number of pyridine rings is 1. The Kier molecular flexibility index (Phi) is 4.33. The van der Waals surface area contributed by atoms with Gasteiger partial charge in [0.05, 0.1) is 24.0 Å². The first kappa shape index (κ1) is 18.4. The highest BCUT2D eigenvalue weighted by Crippen LogP contribution is 2.30. The molecule has 0 aliphatic carbocycles. The van der Waals surface area contributed by atoms with Gasteiger partial charge in [-0.05, 0) is 31.0 Å². The smallest absolute Gasteiger partial charge is 0.263 e. The first-order chi connectivity index (χ1) is 14.5. The van der Waals surface area contributed by atoms with E-state index in [0.717, 1.165) is 22.3 Å². The molecule has 0 radical (unpaired) electrons. The minimum Gasteiger partial charge on any atom is -0.293 e. The standard InChI is InChI=1S/C23H18N4O2S/c1-14-3-6-16(7-4-14)18-12-30-22-21(18)23(29)26(13-24-22)11-17-9-20(28)27-10-15(2)5-8-19(27)25-17/h3-10,12-13H,11H2,1-2H3. The largest absolute Gasteiger partial charge is 0.293 e. The molecule has 5 aromatic rings. The first-order valence-electron chi connectivity index (χ1n) is 9.52. The van der Waals surface area contributed by atoms with Crippen LogP contribution in [0.15, 0.2) is 70.0 Å². The highest BCUT2D eigenvalue weighted by molar-refractivity contribution is 7.17. The zero-order valence-corrected chi connectivity index (χ0v) is 17.3. The van der Waals surface area contributed by atoms with Crippen LogP contribution in [0.5, 0.6) is 0 Å². The second-order valence-electron chi connectivity index (χ2n) is 7.39. The molecular formula is C23H18N4O2S. The van der Waals surface area contributed by atoms with Gasteiger partial charge in [0.25, 0.3) is 11.1 Å². The second kappa shape index (κ2) is 7.03. The van der Waals surface area contributed by atoms with E-state index in [9.17, 15) is 9.59 Å². The molecule has 5 rings (SSSR count). The number of aryl methyl sites for hydroxylation is 2. The molecule has 4 aromatic heterocycles. The predicted octanol–water partition coefficient (Wildman–Crippen LogP) is 3.80. The summed E-state index contributed by atoms with van der Waals surface area (Å²) in [7, 11) is 0. The van der Waals surface area contributed by atoms with Crippen molar-refractivity contribution >= 4 is 27.2 Å². The molecule has 148 valence electrons. The number of hydrogen-bond acceptors (Lipinski definition) is 5. The van der Waals surface area contributed by atoms with Gasteiger partial charge in [0.2, 0.25) is 0 Å². The zero-order chi connectivity index (χ0) is 20.8. The molecule has 0 atom stereocenters. The quantitative estimate of drug-likeness (QED) is 0.450. The molecule has 0 unspecified atom stereocenters. The highest BCUT2D eigenvalue weighted by Gasteiger charge is 2.14. The van der Waals surface area contributed by atoms with Crippen LogP contribution in [-0.2, 0) is 6.54 Å². The Morgan fingerprint density at radius 2 is 1.77 bits per heavy atom. The van der Waals surface area contributed by atoms with Gasteiger partial charge in [0.15, 0.2) is 0 Å². The third-order valence-electron chi connectivity index (χ3n) is 5.12. The van der Waals surface area contributed by atoms with Crippen LogP contribution in [0.1, 0.15) is 16.8 Å². The van der Waals surface area contributed by atoms with E-state index in [1.54, 1.807) is 12.3 Å². The molecule has 0 fully saturated rings. The van der Waals surface area contributed by atoms with Crippen molar-refractivity contribution in [3.8, 4) is 11.1 Å². The molecule has 0 saturated carbocycles. The maximum absolute atomic E-state index is 13.3. The number of benzene rings is 1. The van der Waals surface area contributed by atoms with Crippen LogP contribution in [0.4, 0.5) is 0 Å². The van der Waals surface area contributed by atoms with E-state index >= 15 is 0 Å². The minimum absolute atomic E-state index is 0.136. The molecule has 0 aliphatic rings. The number of rotatable bonds is 3. The van der Waals surface area contributed by atoms with E-state index < -0.39 is 0 Å². The van der Waals surface area contributed by atoms with Crippen LogP contribution < -0.4 is 11.1 Å². The summed E-state index contributed by atoms with van der Waals surface area (Å²) < 4.78 is 3.02. The van der Waals surface area contributed by atoms with E-state index in [2.05, 4.69) is 9.97 Å². The van der Waals surface area contributed by atoms with Crippen molar-refractivity contribution in [2.45, 2.75) is 20.4 Å². The van der Waals surface area contributed by atoms with Crippen molar-refractivity contribution in [1.82, 2.24) is 18.9 Å². The highest BCUT2D eigenvalue weighted by atomic mass is 32.1. The Hall–Kier alpha value is -3.58. The van der Waals surface area contributed by atoms with Gasteiger partial charge in [-0.15, -0.1) is 11.3 Å². The van der Waals surface area contributed by atoms with Crippen LogP contribution in [0.25, 0.3) is 27.0 Å². The maximum Gasteiger partial charge on any atom is 0.263 e. The summed E-state index contributed by atoms with van der Waals surface area (Å²) in [6.45, 7) is 4.14. The molecule has 0 saturated heterocycles. The van der Waals surface area contributed by atoms with Crippen LogP contribution in [0, 0.1) is 13.8 Å². The summed E-state index contributed by atoms with van der Waals surface area (Å²) in [6.07, 6.45) is 3.28. The number of nitrogens with zero attached hydrogens (tertiary/aromatic N) is 4. The minimum atomic E-state index is -0.170. The fourth-order valence-electron chi connectivity index (χ4n) is 3.54. The van der Waals surface area contributed by atoms with Crippen LogP contribution in [0.2, 0.25) is 0 Å². The molecule has 0 aliphatic heterocycles. The molecule has 0 spiro atoms. The summed E-state index contributed by atoms with van der Waals surface area (Å²) in [5, 5.41) is 2.57. The number of thiophene rings is 1. The monoisotopic (exact) mass is 414 g/mol. The summed E-state index contributed by atoms with van der Waals surface area (Å²) in [6, 6.07) is 13.3. The summed E-state index contributed by atoms with van der Waals surface area (Å²) in [4.78, 5) is 35.5. The normalized spacial score (nSPS) is 11.4. The maximum atomic E-state index is 13.3. The first-order valence-corrected chi connectivity index (χ1v) is 10.4. The molecule has 0 amide bonds. The number of fused-ring (bicyclic) bond motifs is 2. The molecule has 0 bridgehead atoms. The SMILES string of the molecule is Cc1ccc(-c2csc3ncn(Cc4cc(=O)n5cc(C)ccc5n4)c(=O)c23)cc1. The predicted molar refractivity (Wildman–Crippen MR) is 119 cm³/mol. The van der Waals surface area contributed by atoms with Crippen molar-refractivity contribution < 1.29 is 0 Å². The van der Waals surface area contributed by atoms with Crippen molar-refractivity contribution in [3.05, 3.63) is 97.9 Å². The Bertz CT molecular complexity index is 1530. The van der Waals surface area contributed by atoms with Gasteiger partial charge in [-0.3, -0.25) is 18.6 Å². The van der Waals surface area contributed by atoms with Crippen molar-refractivity contribution in [1.29, 1.82) is 0 Å². The lowest BCUT2D eigenvalue weighted by molar-refractivity contribution is 0.727. The van der Waals surface area contributed by atoms with E-state index in [1.807, 2.05) is 49.6 Å². The van der Waals surface area contributed by atoms with Crippen molar-refractivity contribution in [2.75, 3.05) is 0 Å². The third kappa shape index (κ3) is 3.13. The molecule has 6 nitrogen and oxygen atoms in total. The molecule has 0 N–H and O–H groups in total. The Morgan fingerprint density at radius 1 is 1.00 bits per heavy atom. The van der Waals surface area contributed by atoms with Gasteiger partial charge >= 0.3 is 0 Å². The molecule has 7 heteroatoms. The van der Waals surface area contributed by atoms with Gasteiger partial charge in [-0.25, -0.2) is 9.97 Å².